The molecule has 21 heavy (non-hydrogen) atoms. The number of nitrogens with two attached hydrogens (primary N) is 1. The van der Waals surface area contributed by atoms with Crippen LogP contribution in [0.4, 0.5) is 11.5 Å². The molecule has 0 atom stereocenters. The summed E-state index contributed by atoms with van der Waals surface area (Å²) in [7, 11) is 2.04. The summed E-state index contributed by atoms with van der Waals surface area (Å²) >= 11 is 0. The van der Waals surface area contributed by atoms with Gasteiger partial charge in [-0.15, -0.1) is 0 Å². The summed E-state index contributed by atoms with van der Waals surface area (Å²) < 4.78 is 0. The smallest absolute Gasteiger partial charge is 0.140 e. The van der Waals surface area contributed by atoms with E-state index in [2.05, 4.69) is 54.3 Å². The molecule has 0 unspecified atom stereocenters. The van der Waals surface area contributed by atoms with E-state index < -0.39 is 0 Å². The first-order chi connectivity index (χ1) is 10.2. The van der Waals surface area contributed by atoms with E-state index in [1.807, 2.05) is 19.2 Å². The number of aromatic nitrogens is 1. The molecule has 0 aliphatic heterocycles. The molecule has 0 fully saturated rings. The second-order valence-corrected chi connectivity index (χ2v) is 5.26. The quantitative estimate of drug-likeness (QED) is 0.792. The van der Waals surface area contributed by atoms with Gasteiger partial charge >= 0.3 is 0 Å². The summed E-state index contributed by atoms with van der Waals surface area (Å²) in [5.41, 5.74) is 9.06. The topological polar surface area (TPSA) is 42.2 Å². The van der Waals surface area contributed by atoms with E-state index in [1.165, 1.54) is 10.9 Å². The number of hydrogen-bond acceptors (Lipinski definition) is 3. The van der Waals surface area contributed by atoms with Gasteiger partial charge in [0.2, 0.25) is 0 Å². The van der Waals surface area contributed by atoms with Crippen LogP contribution < -0.4 is 10.6 Å². The van der Waals surface area contributed by atoms with E-state index in [0.29, 0.717) is 6.54 Å². The summed E-state index contributed by atoms with van der Waals surface area (Å²) in [5.74, 6) is 0.942. The number of anilines is 2. The van der Waals surface area contributed by atoms with E-state index in [-0.39, 0.29) is 0 Å². The van der Waals surface area contributed by atoms with Crippen molar-refractivity contribution in [2.24, 2.45) is 5.73 Å². The molecule has 1 aromatic heterocycles. The molecule has 1 heterocycles. The fourth-order valence-electron chi connectivity index (χ4n) is 2.49. The van der Waals surface area contributed by atoms with Crippen molar-refractivity contribution in [2.45, 2.75) is 13.5 Å². The van der Waals surface area contributed by atoms with Crippen LogP contribution in [-0.2, 0) is 6.54 Å². The van der Waals surface area contributed by atoms with Crippen LogP contribution in [0.2, 0.25) is 0 Å². The molecule has 0 radical (unpaired) electrons. The van der Waals surface area contributed by atoms with Crippen molar-refractivity contribution < 1.29 is 0 Å². The highest BCUT2D eigenvalue weighted by Crippen LogP contribution is 2.30. The normalized spacial score (nSPS) is 10.8. The molecule has 3 heteroatoms. The summed E-state index contributed by atoms with van der Waals surface area (Å²) in [6.45, 7) is 2.53. The van der Waals surface area contributed by atoms with Crippen molar-refractivity contribution in [3.63, 3.8) is 0 Å². The number of hydrogen-bond donors (Lipinski definition) is 1. The maximum absolute atomic E-state index is 5.79. The lowest BCUT2D eigenvalue weighted by Crippen LogP contribution is -2.13. The minimum Gasteiger partial charge on any atom is -0.329 e. The lowest BCUT2D eigenvalue weighted by Gasteiger charge is -2.21. The third-order valence-corrected chi connectivity index (χ3v) is 3.72. The van der Waals surface area contributed by atoms with Gasteiger partial charge < -0.3 is 10.6 Å². The Kier molecular flexibility index (Phi) is 3.59. The number of rotatable bonds is 3. The summed E-state index contributed by atoms with van der Waals surface area (Å²) in [6, 6.07) is 18.8. The van der Waals surface area contributed by atoms with Crippen LogP contribution in [0.1, 0.15) is 11.3 Å². The van der Waals surface area contributed by atoms with Gasteiger partial charge in [-0.1, -0.05) is 42.0 Å². The molecule has 3 nitrogen and oxygen atoms in total. The van der Waals surface area contributed by atoms with Crippen LogP contribution in [-0.4, -0.2) is 12.0 Å². The van der Waals surface area contributed by atoms with E-state index in [9.17, 15) is 0 Å². The minimum absolute atomic E-state index is 0.444. The van der Waals surface area contributed by atoms with E-state index >= 15 is 0 Å². The largest absolute Gasteiger partial charge is 0.329 e. The number of aryl methyl sites for hydroxylation is 1. The lowest BCUT2D eigenvalue weighted by molar-refractivity contribution is 0.983. The van der Waals surface area contributed by atoms with Crippen LogP contribution in [0, 0.1) is 6.92 Å². The Morgan fingerprint density at radius 1 is 1.05 bits per heavy atom. The van der Waals surface area contributed by atoms with Gasteiger partial charge in [0, 0.05) is 24.7 Å². The average molecular weight is 277 g/mol. The Morgan fingerprint density at radius 3 is 2.48 bits per heavy atom. The number of benzene rings is 2. The first-order valence-corrected chi connectivity index (χ1v) is 7.08. The first-order valence-electron chi connectivity index (χ1n) is 7.08. The summed E-state index contributed by atoms with van der Waals surface area (Å²) in [6.07, 6.45) is 0. The molecular weight excluding hydrogens is 258 g/mol. The SMILES string of the molecule is Cc1ccc(N(C)c2nc(CN)cc3ccccc23)cc1. The molecule has 0 saturated carbocycles. The molecule has 2 aromatic carbocycles. The highest BCUT2D eigenvalue weighted by atomic mass is 15.2. The molecule has 0 saturated heterocycles. The number of pyridine rings is 1. The van der Waals surface area contributed by atoms with Crippen molar-refractivity contribution >= 4 is 22.3 Å². The summed E-state index contributed by atoms with van der Waals surface area (Å²) in [5, 5.41) is 2.31. The van der Waals surface area contributed by atoms with Crippen molar-refractivity contribution in [2.75, 3.05) is 11.9 Å². The first kappa shape index (κ1) is 13.6. The van der Waals surface area contributed by atoms with E-state index in [4.69, 9.17) is 10.7 Å². The molecule has 0 bridgehead atoms. The van der Waals surface area contributed by atoms with Crippen molar-refractivity contribution in [1.82, 2.24) is 4.98 Å². The molecule has 0 amide bonds. The zero-order chi connectivity index (χ0) is 14.8. The van der Waals surface area contributed by atoms with Crippen LogP contribution in [0.5, 0.6) is 0 Å². The Balaban J connectivity index is 2.16. The Labute approximate surface area is 125 Å². The van der Waals surface area contributed by atoms with Gasteiger partial charge in [0.05, 0.1) is 5.69 Å². The molecule has 0 aliphatic carbocycles. The van der Waals surface area contributed by atoms with Crippen LogP contribution in [0.3, 0.4) is 0 Å². The second kappa shape index (κ2) is 5.54. The predicted molar refractivity (Wildman–Crippen MR) is 88.9 cm³/mol. The maximum Gasteiger partial charge on any atom is 0.140 e. The molecule has 0 aliphatic rings. The molecule has 2 N–H and O–H groups in total. The van der Waals surface area contributed by atoms with Gasteiger partial charge in [-0.25, -0.2) is 4.98 Å². The third-order valence-electron chi connectivity index (χ3n) is 3.72. The van der Waals surface area contributed by atoms with Crippen molar-refractivity contribution in [3.8, 4) is 0 Å². The fraction of sp³-hybridized carbons (Fsp3) is 0.167. The number of fused-ring (bicyclic) bond motifs is 1. The Hall–Kier alpha value is -2.39. The Morgan fingerprint density at radius 2 is 1.76 bits per heavy atom. The van der Waals surface area contributed by atoms with Gasteiger partial charge in [0.15, 0.2) is 0 Å². The highest BCUT2D eigenvalue weighted by Gasteiger charge is 2.11. The van der Waals surface area contributed by atoms with Gasteiger partial charge in [0.25, 0.3) is 0 Å². The molecule has 0 spiro atoms. The standard InChI is InChI=1S/C18H19N3/c1-13-7-9-16(10-8-13)21(2)18-17-6-4-3-5-14(17)11-15(12-19)20-18/h3-11H,12,19H2,1-2H3. The summed E-state index contributed by atoms with van der Waals surface area (Å²) in [4.78, 5) is 6.83. The van der Waals surface area contributed by atoms with Gasteiger partial charge in [-0.2, -0.15) is 0 Å². The Bertz CT molecular complexity index is 763. The zero-order valence-corrected chi connectivity index (χ0v) is 12.4. The molecule has 3 aromatic rings. The van der Waals surface area contributed by atoms with Crippen LogP contribution in [0.25, 0.3) is 10.8 Å². The predicted octanol–water partition coefficient (Wildman–Crippen LogP) is 3.77. The monoisotopic (exact) mass is 277 g/mol. The van der Waals surface area contributed by atoms with Crippen molar-refractivity contribution in [1.29, 1.82) is 0 Å². The maximum atomic E-state index is 5.79. The van der Waals surface area contributed by atoms with Crippen molar-refractivity contribution in [3.05, 3.63) is 65.9 Å². The van der Waals surface area contributed by atoms with E-state index in [0.717, 1.165) is 22.6 Å². The third kappa shape index (κ3) is 2.60. The zero-order valence-electron chi connectivity index (χ0n) is 12.4. The minimum atomic E-state index is 0.444. The van der Waals surface area contributed by atoms with Crippen LogP contribution >= 0.6 is 0 Å². The molecular formula is C18H19N3. The van der Waals surface area contributed by atoms with E-state index in [1.54, 1.807) is 0 Å². The van der Waals surface area contributed by atoms with Gasteiger partial charge in [-0.3, -0.25) is 0 Å². The molecule has 3 rings (SSSR count). The fourth-order valence-corrected chi connectivity index (χ4v) is 2.49. The lowest BCUT2D eigenvalue weighted by atomic mass is 10.1. The van der Waals surface area contributed by atoms with Gasteiger partial charge in [-0.05, 0) is 30.5 Å². The second-order valence-electron chi connectivity index (χ2n) is 5.26. The average Bonchev–Trinajstić information content (AvgIpc) is 2.53. The van der Waals surface area contributed by atoms with Crippen LogP contribution in [0.15, 0.2) is 54.6 Å². The highest BCUT2D eigenvalue weighted by molar-refractivity contribution is 5.94. The van der Waals surface area contributed by atoms with Gasteiger partial charge in [0.1, 0.15) is 5.82 Å². The number of nitrogens with zero attached hydrogens (tertiary/aromatic N) is 2. The molecule has 106 valence electrons.